The number of carbonyl (C=O) groups excluding carboxylic acids is 1. The van der Waals surface area contributed by atoms with Crippen molar-refractivity contribution in [1.82, 2.24) is 14.9 Å². The normalized spacial score (nSPS) is 12.3. The number of amides is 1. The molecular weight excluding hydrogens is 338 g/mol. The van der Waals surface area contributed by atoms with Gasteiger partial charge in [0.25, 0.3) is 0 Å². The quantitative estimate of drug-likeness (QED) is 0.674. The molecule has 8 heteroatoms. The van der Waals surface area contributed by atoms with Crippen LogP contribution in [0.5, 0.6) is 11.5 Å². The fraction of sp³-hybridized carbons (Fsp3) is 0.167. The molecule has 0 bridgehead atoms. The molecule has 2 aromatic carbocycles. The molecule has 1 aliphatic rings. The third kappa shape index (κ3) is 2.92. The predicted molar refractivity (Wildman–Crippen MR) is 93.2 cm³/mol. The Hall–Kier alpha value is -3.55. The van der Waals surface area contributed by atoms with Crippen LogP contribution in [0.15, 0.2) is 52.1 Å². The van der Waals surface area contributed by atoms with Gasteiger partial charge < -0.3 is 19.8 Å². The zero-order valence-corrected chi connectivity index (χ0v) is 13.7. The first kappa shape index (κ1) is 15.9. The van der Waals surface area contributed by atoms with E-state index in [2.05, 4.69) is 10.3 Å². The van der Waals surface area contributed by atoms with Gasteiger partial charge >= 0.3 is 11.1 Å². The number of nitrogens with zero attached hydrogens (tertiary/aromatic N) is 1. The number of aromatic nitrogens is 2. The van der Waals surface area contributed by atoms with Crippen molar-refractivity contribution >= 4 is 16.9 Å². The molecule has 2 heterocycles. The summed E-state index contributed by atoms with van der Waals surface area (Å²) in [5, 5.41) is 2.74. The lowest BCUT2D eigenvalue weighted by molar-refractivity contribution is -0.121. The van der Waals surface area contributed by atoms with Gasteiger partial charge in [-0.05, 0) is 29.8 Å². The highest BCUT2D eigenvalue weighted by Gasteiger charge is 2.14. The van der Waals surface area contributed by atoms with E-state index < -0.39 is 11.1 Å². The largest absolute Gasteiger partial charge is 0.454 e. The van der Waals surface area contributed by atoms with Crippen molar-refractivity contribution in [2.45, 2.75) is 13.1 Å². The van der Waals surface area contributed by atoms with Gasteiger partial charge in [-0.1, -0.05) is 18.2 Å². The van der Waals surface area contributed by atoms with Crippen LogP contribution in [0.1, 0.15) is 5.56 Å². The highest BCUT2D eigenvalue weighted by Crippen LogP contribution is 2.32. The Labute approximate surface area is 147 Å². The molecule has 4 rings (SSSR count). The topological polar surface area (TPSA) is 102 Å². The SMILES string of the molecule is O=C(Cn1c(=O)c(=O)[nH]c2ccccc21)NCc1ccc2c(c1)OCO2. The Balaban J connectivity index is 1.52. The summed E-state index contributed by atoms with van der Waals surface area (Å²) < 4.78 is 11.7. The maximum Gasteiger partial charge on any atom is 0.317 e. The fourth-order valence-electron chi connectivity index (χ4n) is 2.83. The first-order valence-electron chi connectivity index (χ1n) is 7.99. The lowest BCUT2D eigenvalue weighted by atomic mass is 10.2. The van der Waals surface area contributed by atoms with Gasteiger partial charge in [0.1, 0.15) is 6.54 Å². The fourth-order valence-corrected chi connectivity index (χ4v) is 2.83. The number of hydrogen-bond acceptors (Lipinski definition) is 5. The molecule has 0 atom stereocenters. The molecule has 0 fully saturated rings. The standard InChI is InChI=1S/C18H15N3O5/c22-16(19-8-11-5-6-14-15(7-11)26-10-25-14)9-21-13-4-2-1-3-12(13)20-17(23)18(21)24/h1-7H,8-10H2,(H,19,22)(H,20,23). The third-order valence-corrected chi connectivity index (χ3v) is 4.11. The summed E-state index contributed by atoms with van der Waals surface area (Å²) >= 11 is 0. The summed E-state index contributed by atoms with van der Waals surface area (Å²) in [4.78, 5) is 38.7. The number of para-hydroxylation sites is 2. The summed E-state index contributed by atoms with van der Waals surface area (Å²) in [5.41, 5.74) is 0.316. The second kappa shape index (κ2) is 6.40. The highest BCUT2D eigenvalue weighted by molar-refractivity contribution is 5.79. The van der Waals surface area contributed by atoms with Gasteiger partial charge in [0, 0.05) is 6.54 Å². The highest BCUT2D eigenvalue weighted by atomic mass is 16.7. The van der Waals surface area contributed by atoms with Crippen molar-refractivity contribution in [2.75, 3.05) is 6.79 Å². The van der Waals surface area contributed by atoms with Crippen molar-refractivity contribution in [2.24, 2.45) is 0 Å². The van der Waals surface area contributed by atoms with Gasteiger partial charge in [-0.15, -0.1) is 0 Å². The molecule has 1 aliphatic heterocycles. The zero-order valence-electron chi connectivity index (χ0n) is 13.7. The predicted octanol–water partition coefficient (Wildman–Crippen LogP) is 0.735. The van der Waals surface area contributed by atoms with Crippen LogP contribution in [0.3, 0.4) is 0 Å². The van der Waals surface area contributed by atoms with Crippen molar-refractivity contribution in [1.29, 1.82) is 0 Å². The second-order valence-electron chi connectivity index (χ2n) is 5.83. The van der Waals surface area contributed by atoms with Crippen LogP contribution in [0.25, 0.3) is 11.0 Å². The minimum Gasteiger partial charge on any atom is -0.454 e. The van der Waals surface area contributed by atoms with Crippen LogP contribution in [-0.4, -0.2) is 22.3 Å². The van der Waals surface area contributed by atoms with Crippen LogP contribution >= 0.6 is 0 Å². The van der Waals surface area contributed by atoms with Gasteiger partial charge in [0.05, 0.1) is 11.0 Å². The Bertz CT molecular complexity index is 1120. The summed E-state index contributed by atoms with van der Waals surface area (Å²) in [6.45, 7) is 0.211. The van der Waals surface area contributed by atoms with E-state index in [1.807, 2.05) is 6.07 Å². The summed E-state index contributed by atoms with van der Waals surface area (Å²) in [5.74, 6) is 0.927. The number of carbonyl (C=O) groups is 1. The molecule has 0 saturated carbocycles. The van der Waals surface area contributed by atoms with Gasteiger partial charge in [0.2, 0.25) is 12.7 Å². The van der Waals surface area contributed by atoms with Crippen molar-refractivity contribution < 1.29 is 14.3 Å². The zero-order chi connectivity index (χ0) is 18.1. The average molecular weight is 353 g/mol. The molecular formula is C18H15N3O5. The van der Waals surface area contributed by atoms with Crippen LogP contribution in [0.4, 0.5) is 0 Å². The van der Waals surface area contributed by atoms with Gasteiger partial charge in [-0.2, -0.15) is 0 Å². The van der Waals surface area contributed by atoms with E-state index in [0.29, 0.717) is 22.5 Å². The number of H-pyrrole nitrogens is 1. The number of fused-ring (bicyclic) bond motifs is 2. The van der Waals surface area contributed by atoms with E-state index in [-0.39, 0.29) is 25.8 Å². The van der Waals surface area contributed by atoms with E-state index in [1.165, 1.54) is 4.57 Å². The van der Waals surface area contributed by atoms with Crippen molar-refractivity contribution in [3.63, 3.8) is 0 Å². The number of aromatic amines is 1. The Morgan fingerprint density at radius 2 is 1.92 bits per heavy atom. The second-order valence-corrected chi connectivity index (χ2v) is 5.83. The lowest BCUT2D eigenvalue weighted by Gasteiger charge is -2.10. The molecule has 3 aromatic rings. The Kier molecular flexibility index (Phi) is 3.92. The van der Waals surface area contributed by atoms with Crippen molar-refractivity contribution in [3.8, 4) is 11.5 Å². The number of benzene rings is 2. The number of rotatable bonds is 4. The van der Waals surface area contributed by atoms with E-state index in [4.69, 9.17) is 9.47 Å². The van der Waals surface area contributed by atoms with Crippen molar-refractivity contribution in [3.05, 3.63) is 68.7 Å². The molecule has 0 saturated heterocycles. The molecule has 0 radical (unpaired) electrons. The van der Waals surface area contributed by atoms with Gasteiger partial charge in [-0.3, -0.25) is 19.0 Å². The molecule has 26 heavy (non-hydrogen) atoms. The van der Waals surface area contributed by atoms with Crippen LogP contribution in [0, 0.1) is 0 Å². The lowest BCUT2D eigenvalue weighted by Crippen LogP contribution is -2.40. The first-order chi connectivity index (χ1) is 12.6. The summed E-state index contributed by atoms with van der Waals surface area (Å²) in [6, 6.07) is 12.2. The molecule has 1 amide bonds. The average Bonchev–Trinajstić information content (AvgIpc) is 3.11. The van der Waals surface area contributed by atoms with E-state index in [0.717, 1.165) is 5.56 Å². The van der Waals surface area contributed by atoms with Crippen LogP contribution in [-0.2, 0) is 17.9 Å². The van der Waals surface area contributed by atoms with E-state index >= 15 is 0 Å². The van der Waals surface area contributed by atoms with Gasteiger partial charge in [0.15, 0.2) is 11.5 Å². The van der Waals surface area contributed by atoms with E-state index in [1.54, 1.807) is 36.4 Å². The van der Waals surface area contributed by atoms with E-state index in [9.17, 15) is 14.4 Å². The van der Waals surface area contributed by atoms with Crippen LogP contribution < -0.4 is 25.9 Å². The molecule has 132 valence electrons. The molecule has 2 N–H and O–H groups in total. The molecule has 0 aliphatic carbocycles. The van der Waals surface area contributed by atoms with Crippen LogP contribution in [0.2, 0.25) is 0 Å². The molecule has 1 aromatic heterocycles. The summed E-state index contributed by atoms with van der Waals surface area (Å²) in [7, 11) is 0. The maximum absolute atomic E-state index is 12.3. The monoisotopic (exact) mass is 353 g/mol. The number of ether oxygens (including phenoxy) is 2. The smallest absolute Gasteiger partial charge is 0.317 e. The molecule has 0 spiro atoms. The minimum absolute atomic E-state index is 0.184. The maximum atomic E-state index is 12.3. The minimum atomic E-state index is -0.762. The first-order valence-corrected chi connectivity index (χ1v) is 7.99. The van der Waals surface area contributed by atoms with Gasteiger partial charge in [-0.25, -0.2) is 0 Å². The number of hydrogen-bond donors (Lipinski definition) is 2. The Morgan fingerprint density at radius 1 is 1.12 bits per heavy atom. The number of nitrogens with one attached hydrogen (secondary N) is 2. The molecule has 0 unspecified atom stereocenters. The third-order valence-electron chi connectivity index (χ3n) is 4.11. The molecule has 8 nitrogen and oxygen atoms in total. The summed E-state index contributed by atoms with van der Waals surface area (Å²) in [6.07, 6.45) is 0. The Morgan fingerprint density at radius 3 is 2.81 bits per heavy atom.